The minimum absolute atomic E-state index is 0.120. The smallest absolute Gasteiger partial charge is 0.335 e. The molecule has 0 aliphatic heterocycles. The maximum atomic E-state index is 13.2. The van der Waals surface area contributed by atoms with Crippen molar-refractivity contribution in [2.45, 2.75) is 23.4 Å². The summed E-state index contributed by atoms with van der Waals surface area (Å²) in [5.74, 6) is -0.364. The third kappa shape index (κ3) is 3.51. The molecule has 0 saturated heterocycles. The lowest BCUT2D eigenvalue weighted by Gasteiger charge is -2.04. The normalized spacial score (nSPS) is 10.6. The van der Waals surface area contributed by atoms with Crippen molar-refractivity contribution in [2.24, 2.45) is 0 Å². The summed E-state index contributed by atoms with van der Waals surface area (Å²) >= 11 is 2.64. The highest BCUT2D eigenvalue weighted by Crippen LogP contribution is 2.26. The van der Waals surface area contributed by atoms with Crippen LogP contribution in [0, 0.1) is 5.82 Å². The maximum absolute atomic E-state index is 13.2. The Hall–Kier alpha value is -1.47. The largest absolute Gasteiger partial charge is 0.478 e. The van der Waals surface area contributed by atoms with Crippen molar-refractivity contribution in [1.29, 1.82) is 0 Å². The molecule has 2 aromatic rings. The van der Waals surface area contributed by atoms with E-state index >= 15 is 0 Å². The number of thioether (sulfide) groups is 1. The summed E-state index contributed by atoms with van der Waals surface area (Å²) < 4.78 is 18.1. The molecule has 2 rings (SSSR count). The third-order valence-electron chi connectivity index (χ3n) is 2.41. The molecule has 100 valence electrons. The van der Waals surface area contributed by atoms with Gasteiger partial charge in [-0.1, -0.05) is 18.7 Å². The molecule has 1 heterocycles. The van der Waals surface area contributed by atoms with E-state index in [1.807, 2.05) is 6.92 Å². The van der Waals surface area contributed by atoms with Crippen LogP contribution in [0.2, 0.25) is 0 Å². The third-order valence-corrected chi connectivity index (χ3v) is 4.33. The zero-order valence-corrected chi connectivity index (χ0v) is 11.7. The van der Waals surface area contributed by atoms with Crippen LogP contribution in [-0.4, -0.2) is 20.4 Å². The van der Waals surface area contributed by atoms with E-state index in [2.05, 4.69) is 9.36 Å². The van der Waals surface area contributed by atoms with Gasteiger partial charge in [-0.3, -0.25) is 0 Å². The topological polar surface area (TPSA) is 63.1 Å². The lowest BCUT2D eigenvalue weighted by atomic mass is 10.1. The van der Waals surface area contributed by atoms with Crippen molar-refractivity contribution < 1.29 is 14.3 Å². The highest BCUT2D eigenvalue weighted by atomic mass is 32.2. The molecule has 0 aliphatic carbocycles. The molecule has 0 fully saturated rings. The summed E-state index contributed by atoms with van der Waals surface area (Å²) in [6, 6.07) is 3.68. The van der Waals surface area contributed by atoms with Crippen LogP contribution in [0.15, 0.2) is 22.5 Å². The number of carboxylic acid groups (broad SMARTS) is 1. The van der Waals surface area contributed by atoms with Crippen molar-refractivity contribution >= 4 is 29.3 Å². The Kier molecular flexibility index (Phi) is 4.49. The van der Waals surface area contributed by atoms with Crippen LogP contribution in [0.4, 0.5) is 4.39 Å². The zero-order chi connectivity index (χ0) is 13.8. The van der Waals surface area contributed by atoms with E-state index in [-0.39, 0.29) is 5.56 Å². The number of carboxylic acids is 1. The van der Waals surface area contributed by atoms with E-state index in [0.29, 0.717) is 11.3 Å². The highest BCUT2D eigenvalue weighted by molar-refractivity contribution is 8.00. The summed E-state index contributed by atoms with van der Waals surface area (Å²) in [5.41, 5.74) is 0.569. The number of aryl methyl sites for hydroxylation is 1. The van der Waals surface area contributed by atoms with Crippen LogP contribution in [0.3, 0.4) is 0 Å². The number of nitrogens with zero attached hydrogens (tertiary/aromatic N) is 2. The predicted molar refractivity (Wildman–Crippen MR) is 72.2 cm³/mol. The fourth-order valence-electron chi connectivity index (χ4n) is 1.47. The second-order valence-electron chi connectivity index (χ2n) is 3.73. The number of hydrogen-bond donors (Lipinski definition) is 1. The average Bonchev–Trinajstić information content (AvgIpc) is 2.84. The molecule has 1 N–H and O–H groups in total. The van der Waals surface area contributed by atoms with E-state index in [0.717, 1.165) is 22.7 Å². The molecule has 0 spiro atoms. The Morgan fingerprint density at radius 3 is 2.95 bits per heavy atom. The van der Waals surface area contributed by atoms with E-state index in [1.165, 1.54) is 35.4 Å². The van der Waals surface area contributed by atoms with Crippen LogP contribution < -0.4 is 0 Å². The van der Waals surface area contributed by atoms with Crippen molar-refractivity contribution in [3.63, 3.8) is 0 Å². The summed E-state index contributed by atoms with van der Waals surface area (Å²) in [5, 5.41) is 9.04. The van der Waals surface area contributed by atoms with Gasteiger partial charge in [-0.15, -0.1) is 0 Å². The van der Waals surface area contributed by atoms with Crippen LogP contribution in [0.25, 0.3) is 0 Å². The second kappa shape index (κ2) is 6.12. The van der Waals surface area contributed by atoms with Gasteiger partial charge >= 0.3 is 5.97 Å². The fourth-order valence-corrected chi connectivity index (χ4v) is 3.16. The molecule has 0 saturated carbocycles. The van der Waals surface area contributed by atoms with Gasteiger partial charge in [0.2, 0.25) is 0 Å². The zero-order valence-electron chi connectivity index (χ0n) is 10.1. The SMILES string of the molecule is CCc1nsc(SCc2cc(F)ccc2C(=O)O)n1. The molecule has 19 heavy (non-hydrogen) atoms. The van der Waals surface area contributed by atoms with E-state index in [9.17, 15) is 9.18 Å². The molecule has 4 nitrogen and oxygen atoms in total. The Balaban J connectivity index is 2.14. The van der Waals surface area contributed by atoms with Gasteiger partial charge in [0, 0.05) is 12.2 Å². The van der Waals surface area contributed by atoms with Crippen molar-refractivity contribution in [3.05, 3.63) is 41.0 Å². The first-order chi connectivity index (χ1) is 9.10. The molecule has 0 radical (unpaired) electrons. The van der Waals surface area contributed by atoms with E-state index in [4.69, 9.17) is 5.11 Å². The van der Waals surface area contributed by atoms with Gasteiger partial charge in [0.15, 0.2) is 4.34 Å². The van der Waals surface area contributed by atoms with Gasteiger partial charge in [0.25, 0.3) is 0 Å². The van der Waals surface area contributed by atoms with E-state index in [1.54, 1.807) is 0 Å². The Morgan fingerprint density at radius 2 is 2.32 bits per heavy atom. The number of aromatic nitrogens is 2. The fraction of sp³-hybridized carbons (Fsp3) is 0.250. The first-order valence-corrected chi connectivity index (χ1v) is 7.33. The van der Waals surface area contributed by atoms with Gasteiger partial charge in [0.05, 0.1) is 5.56 Å². The highest BCUT2D eigenvalue weighted by Gasteiger charge is 2.12. The lowest BCUT2D eigenvalue weighted by molar-refractivity contribution is 0.0696. The van der Waals surface area contributed by atoms with Crippen molar-refractivity contribution in [2.75, 3.05) is 0 Å². The van der Waals surface area contributed by atoms with Gasteiger partial charge in [-0.25, -0.2) is 14.2 Å². The minimum Gasteiger partial charge on any atom is -0.478 e. The second-order valence-corrected chi connectivity index (χ2v) is 5.70. The molecule has 7 heteroatoms. The average molecular weight is 298 g/mol. The quantitative estimate of drug-likeness (QED) is 0.859. The van der Waals surface area contributed by atoms with Crippen molar-refractivity contribution in [3.8, 4) is 0 Å². The molecule has 0 unspecified atom stereocenters. The molecular formula is C12H11FN2O2S2. The number of aromatic carboxylic acids is 1. The van der Waals surface area contributed by atoms with Gasteiger partial charge in [0.1, 0.15) is 11.6 Å². The molecule has 1 aromatic carbocycles. The number of hydrogen-bond acceptors (Lipinski definition) is 5. The standard InChI is InChI=1S/C12H11FN2O2S2/c1-2-10-14-12(19-15-10)18-6-7-5-8(13)3-4-9(7)11(16)17/h3-5H,2,6H2,1H3,(H,16,17). The number of carbonyl (C=O) groups is 1. The molecular weight excluding hydrogens is 287 g/mol. The predicted octanol–water partition coefficient (Wildman–Crippen LogP) is 3.23. The van der Waals surface area contributed by atoms with Crippen LogP contribution in [0.1, 0.15) is 28.7 Å². The first-order valence-electron chi connectivity index (χ1n) is 5.57. The summed E-state index contributed by atoms with van der Waals surface area (Å²) in [6.45, 7) is 1.96. The number of benzene rings is 1. The van der Waals surface area contributed by atoms with Gasteiger partial charge in [-0.2, -0.15) is 4.37 Å². The van der Waals surface area contributed by atoms with Crippen molar-refractivity contribution in [1.82, 2.24) is 9.36 Å². The monoisotopic (exact) mass is 298 g/mol. The molecule has 0 amide bonds. The molecule has 0 bridgehead atoms. The summed E-state index contributed by atoms with van der Waals surface area (Å²) in [4.78, 5) is 15.3. The minimum atomic E-state index is -1.05. The summed E-state index contributed by atoms with van der Waals surface area (Å²) in [6.07, 6.45) is 0.761. The van der Waals surface area contributed by atoms with Crippen LogP contribution >= 0.6 is 23.3 Å². The van der Waals surface area contributed by atoms with Gasteiger partial charge < -0.3 is 5.11 Å². The van der Waals surface area contributed by atoms with Crippen LogP contribution in [-0.2, 0) is 12.2 Å². The molecule has 1 aromatic heterocycles. The molecule has 0 atom stereocenters. The number of rotatable bonds is 5. The summed E-state index contributed by atoms with van der Waals surface area (Å²) in [7, 11) is 0. The lowest BCUT2D eigenvalue weighted by Crippen LogP contribution is -2.02. The van der Waals surface area contributed by atoms with E-state index < -0.39 is 11.8 Å². The Morgan fingerprint density at radius 1 is 1.53 bits per heavy atom. The maximum Gasteiger partial charge on any atom is 0.335 e. The molecule has 0 aliphatic rings. The number of halogens is 1. The Labute approximate surface area is 117 Å². The Bertz CT molecular complexity index is 601. The van der Waals surface area contributed by atoms with Gasteiger partial charge in [-0.05, 0) is 35.3 Å². The first kappa shape index (κ1) is 14.0. The van der Waals surface area contributed by atoms with Crippen LogP contribution in [0.5, 0.6) is 0 Å².